The van der Waals surface area contributed by atoms with Crippen LogP contribution in [0.5, 0.6) is 5.75 Å². The number of benzene rings is 1. The highest BCUT2D eigenvalue weighted by atomic mass is 16.5. The van der Waals surface area contributed by atoms with Crippen LogP contribution in [0.4, 0.5) is 0 Å². The van der Waals surface area contributed by atoms with Crippen molar-refractivity contribution in [3.05, 3.63) is 41.0 Å². The molecule has 0 spiro atoms. The summed E-state index contributed by atoms with van der Waals surface area (Å²) in [5.41, 5.74) is 4.14. The molecule has 0 radical (unpaired) electrons. The maximum Gasteiger partial charge on any atom is 0.155 e. The quantitative estimate of drug-likeness (QED) is 0.756. The summed E-state index contributed by atoms with van der Waals surface area (Å²) in [5, 5.41) is 0. The lowest BCUT2D eigenvalue weighted by molar-refractivity contribution is -0.115. The normalized spacial score (nSPS) is 26.1. The van der Waals surface area contributed by atoms with Gasteiger partial charge >= 0.3 is 0 Å². The molecule has 18 heavy (non-hydrogen) atoms. The molecule has 0 N–H and O–H groups in total. The number of allylic oxidation sites excluding steroid dienone is 2. The first kappa shape index (κ1) is 11.5. The summed E-state index contributed by atoms with van der Waals surface area (Å²) in [4.78, 5) is 11.6. The topological polar surface area (TPSA) is 26.3 Å². The standard InChI is InChI=1S/C16H18O2/c1-16-8-7-13(17)10-12(16)4-3-11-9-14(18-2)5-6-15(11)16/h5-6,9-10H,3-4,7-8H2,1-2H3. The first-order chi connectivity index (χ1) is 8.63. The van der Waals surface area contributed by atoms with Crippen LogP contribution in [0, 0.1) is 0 Å². The minimum absolute atomic E-state index is 0.0633. The van der Waals surface area contributed by atoms with E-state index >= 15 is 0 Å². The number of rotatable bonds is 1. The highest BCUT2D eigenvalue weighted by molar-refractivity contribution is 5.92. The van der Waals surface area contributed by atoms with Crippen molar-refractivity contribution in [1.29, 1.82) is 0 Å². The van der Waals surface area contributed by atoms with Gasteiger partial charge in [-0.1, -0.05) is 18.6 Å². The van der Waals surface area contributed by atoms with Crippen LogP contribution in [0.1, 0.15) is 37.3 Å². The van der Waals surface area contributed by atoms with Gasteiger partial charge in [-0.05, 0) is 48.6 Å². The zero-order valence-electron chi connectivity index (χ0n) is 11.0. The van der Waals surface area contributed by atoms with Gasteiger partial charge < -0.3 is 4.74 Å². The Balaban J connectivity index is 2.12. The number of carbonyl (C=O) groups is 1. The Bertz CT molecular complexity index is 542. The molecule has 0 heterocycles. The predicted molar refractivity (Wildman–Crippen MR) is 71.0 cm³/mol. The first-order valence-electron chi connectivity index (χ1n) is 6.55. The van der Waals surface area contributed by atoms with Crippen molar-refractivity contribution in [1.82, 2.24) is 0 Å². The van der Waals surface area contributed by atoms with Crippen molar-refractivity contribution in [2.24, 2.45) is 0 Å². The molecule has 0 saturated heterocycles. The molecule has 0 aliphatic heterocycles. The molecule has 94 valence electrons. The molecule has 1 atom stereocenters. The largest absolute Gasteiger partial charge is 0.497 e. The molecule has 1 aromatic carbocycles. The Morgan fingerprint density at radius 1 is 1.22 bits per heavy atom. The Hall–Kier alpha value is -1.57. The third-order valence-corrected chi connectivity index (χ3v) is 4.49. The Morgan fingerprint density at radius 3 is 2.83 bits per heavy atom. The number of carbonyl (C=O) groups excluding carboxylic acids is 1. The Kier molecular flexibility index (Phi) is 2.54. The number of hydrogen-bond acceptors (Lipinski definition) is 2. The average molecular weight is 242 g/mol. The van der Waals surface area contributed by atoms with E-state index in [-0.39, 0.29) is 5.41 Å². The zero-order valence-corrected chi connectivity index (χ0v) is 11.0. The first-order valence-corrected chi connectivity index (χ1v) is 6.55. The van der Waals surface area contributed by atoms with E-state index in [1.165, 1.54) is 16.7 Å². The summed E-state index contributed by atoms with van der Waals surface area (Å²) >= 11 is 0. The lowest BCUT2D eigenvalue weighted by Crippen LogP contribution is -2.34. The van der Waals surface area contributed by atoms with Crippen LogP contribution in [0.3, 0.4) is 0 Å². The Labute approximate surface area is 108 Å². The fraction of sp³-hybridized carbons (Fsp3) is 0.438. The molecular weight excluding hydrogens is 224 g/mol. The van der Waals surface area contributed by atoms with Gasteiger partial charge in [0.25, 0.3) is 0 Å². The number of ketones is 1. The van der Waals surface area contributed by atoms with Crippen molar-refractivity contribution in [3.63, 3.8) is 0 Å². The maximum atomic E-state index is 11.6. The zero-order chi connectivity index (χ0) is 12.8. The summed E-state index contributed by atoms with van der Waals surface area (Å²) in [5.74, 6) is 1.22. The third-order valence-electron chi connectivity index (χ3n) is 4.49. The number of methoxy groups -OCH3 is 1. The van der Waals surface area contributed by atoms with Crippen LogP contribution < -0.4 is 4.74 Å². The second-order valence-electron chi connectivity index (χ2n) is 5.49. The minimum atomic E-state index is 0.0633. The van der Waals surface area contributed by atoms with Gasteiger partial charge in [0.2, 0.25) is 0 Å². The van der Waals surface area contributed by atoms with Crippen molar-refractivity contribution in [2.45, 2.75) is 38.0 Å². The van der Waals surface area contributed by atoms with E-state index < -0.39 is 0 Å². The van der Waals surface area contributed by atoms with Crippen molar-refractivity contribution >= 4 is 5.78 Å². The lowest BCUT2D eigenvalue weighted by Gasteiger charge is -2.41. The van der Waals surface area contributed by atoms with Gasteiger partial charge in [0.15, 0.2) is 5.78 Å². The van der Waals surface area contributed by atoms with E-state index in [1.54, 1.807) is 7.11 Å². The molecule has 0 aromatic heterocycles. The van der Waals surface area contributed by atoms with Gasteiger partial charge in [-0.3, -0.25) is 4.79 Å². The summed E-state index contributed by atoms with van der Waals surface area (Å²) in [7, 11) is 1.71. The highest BCUT2D eigenvalue weighted by Gasteiger charge is 2.38. The highest BCUT2D eigenvalue weighted by Crippen LogP contribution is 2.47. The molecule has 1 unspecified atom stereocenters. The van der Waals surface area contributed by atoms with Crippen molar-refractivity contribution in [2.75, 3.05) is 7.11 Å². The molecule has 1 aromatic rings. The summed E-state index contributed by atoms with van der Waals surface area (Å²) in [6.07, 6.45) is 5.52. The lowest BCUT2D eigenvalue weighted by atomic mass is 9.63. The van der Waals surface area contributed by atoms with Crippen LogP contribution in [-0.4, -0.2) is 12.9 Å². The van der Waals surface area contributed by atoms with Gasteiger partial charge in [0, 0.05) is 11.8 Å². The fourth-order valence-electron chi connectivity index (χ4n) is 3.33. The number of fused-ring (bicyclic) bond motifs is 3. The van der Waals surface area contributed by atoms with Crippen molar-refractivity contribution in [3.8, 4) is 5.75 Å². The van der Waals surface area contributed by atoms with E-state index in [4.69, 9.17) is 4.74 Å². The van der Waals surface area contributed by atoms with Crippen LogP contribution >= 0.6 is 0 Å². The van der Waals surface area contributed by atoms with E-state index in [2.05, 4.69) is 19.1 Å². The monoisotopic (exact) mass is 242 g/mol. The molecule has 2 aliphatic carbocycles. The summed E-state index contributed by atoms with van der Waals surface area (Å²) in [6, 6.07) is 6.36. The molecule has 3 rings (SSSR count). The Morgan fingerprint density at radius 2 is 2.06 bits per heavy atom. The van der Waals surface area contributed by atoms with E-state index in [1.807, 2.05) is 12.1 Å². The number of ether oxygens (including phenoxy) is 1. The van der Waals surface area contributed by atoms with E-state index in [9.17, 15) is 4.79 Å². The fourth-order valence-corrected chi connectivity index (χ4v) is 3.33. The van der Waals surface area contributed by atoms with Crippen LogP contribution in [0.15, 0.2) is 29.8 Å². The van der Waals surface area contributed by atoms with Gasteiger partial charge in [0.05, 0.1) is 7.11 Å². The van der Waals surface area contributed by atoms with Crippen LogP contribution in [0.2, 0.25) is 0 Å². The molecular formula is C16H18O2. The number of hydrogen-bond donors (Lipinski definition) is 0. The van der Waals surface area contributed by atoms with Gasteiger partial charge in [-0.2, -0.15) is 0 Å². The van der Waals surface area contributed by atoms with Gasteiger partial charge in [-0.25, -0.2) is 0 Å². The molecule has 0 fully saturated rings. The van der Waals surface area contributed by atoms with Gasteiger partial charge in [0.1, 0.15) is 5.75 Å². The second-order valence-corrected chi connectivity index (χ2v) is 5.49. The third kappa shape index (κ3) is 1.59. The predicted octanol–water partition coefficient (Wildman–Crippen LogP) is 3.19. The molecule has 2 nitrogen and oxygen atoms in total. The van der Waals surface area contributed by atoms with E-state index in [0.29, 0.717) is 12.2 Å². The molecule has 0 bridgehead atoms. The molecule has 2 heteroatoms. The van der Waals surface area contributed by atoms with E-state index in [0.717, 1.165) is 25.0 Å². The number of aryl methyl sites for hydroxylation is 1. The molecule has 0 saturated carbocycles. The van der Waals surface area contributed by atoms with Crippen LogP contribution in [0.25, 0.3) is 0 Å². The maximum absolute atomic E-state index is 11.6. The summed E-state index contributed by atoms with van der Waals surface area (Å²) in [6.45, 7) is 2.27. The van der Waals surface area contributed by atoms with Crippen LogP contribution in [-0.2, 0) is 16.6 Å². The minimum Gasteiger partial charge on any atom is -0.497 e. The average Bonchev–Trinajstić information content (AvgIpc) is 2.39. The smallest absolute Gasteiger partial charge is 0.155 e. The molecule has 2 aliphatic rings. The van der Waals surface area contributed by atoms with Gasteiger partial charge in [-0.15, -0.1) is 0 Å². The molecule has 0 amide bonds. The SMILES string of the molecule is COc1ccc2c(c1)CCC1=CC(=O)CCC12C. The van der Waals surface area contributed by atoms with Crippen molar-refractivity contribution < 1.29 is 9.53 Å². The second kappa shape index (κ2) is 3.98. The summed E-state index contributed by atoms with van der Waals surface area (Å²) < 4.78 is 5.30.